The van der Waals surface area contributed by atoms with Gasteiger partial charge in [0.1, 0.15) is 6.04 Å². The van der Waals surface area contributed by atoms with Gasteiger partial charge in [0.15, 0.2) is 0 Å². The van der Waals surface area contributed by atoms with Crippen LogP contribution in [0.1, 0.15) is 18.0 Å². The quantitative estimate of drug-likeness (QED) is 0.774. The number of nitrogens with two attached hydrogens (primary N) is 1. The van der Waals surface area contributed by atoms with Crippen LogP contribution in [0.4, 0.5) is 0 Å². The highest BCUT2D eigenvalue weighted by molar-refractivity contribution is 5.84. The van der Waals surface area contributed by atoms with Crippen molar-refractivity contribution in [1.29, 1.82) is 0 Å². The number of amides is 2. The van der Waals surface area contributed by atoms with Gasteiger partial charge in [0.2, 0.25) is 11.8 Å². The van der Waals surface area contributed by atoms with Crippen molar-refractivity contribution in [1.82, 2.24) is 10.2 Å². The standard InChI is InChI=1S/C13H17N3O2/c14-12(10-4-2-1-3-5-10)13(18)16-8-6-11(17)15-7-9-16/h1-5,12H,6-9,14H2,(H,15,17)/t12-/m0/s1. The molecule has 2 rings (SSSR count). The summed E-state index contributed by atoms with van der Waals surface area (Å²) in [6.45, 7) is 1.45. The van der Waals surface area contributed by atoms with Crippen LogP contribution in [0.5, 0.6) is 0 Å². The number of nitrogens with zero attached hydrogens (tertiary/aromatic N) is 1. The Kier molecular flexibility index (Phi) is 3.94. The van der Waals surface area contributed by atoms with Crippen LogP contribution in [-0.4, -0.2) is 36.3 Å². The summed E-state index contributed by atoms with van der Waals surface area (Å²) in [7, 11) is 0. The molecular weight excluding hydrogens is 230 g/mol. The van der Waals surface area contributed by atoms with Crippen LogP contribution in [0.2, 0.25) is 0 Å². The lowest BCUT2D eigenvalue weighted by Gasteiger charge is -2.23. The second-order valence-electron chi connectivity index (χ2n) is 4.31. The van der Waals surface area contributed by atoms with Crippen LogP contribution in [0.3, 0.4) is 0 Å². The minimum absolute atomic E-state index is 0.0152. The highest BCUT2D eigenvalue weighted by atomic mass is 16.2. The molecule has 0 aliphatic carbocycles. The van der Waals surface area contributed by atoms with Crippen LogP contribution in [0.15, 0.2) is 30.3 Å². The summed E-state index contributed by atoms with van der Waals surface area (Å²) >= 11 is 0. The summed E-state index contributed by atoms with van der Waals surface area (Å²) in [6.07, 6.45) is 0.341. The molecule has 5 nitrogen and oxygen atoms in total. The zero-order valence-corrected chi connectivity index (χ0v) is 10.1. The first-order valence-corrected chi connectivity index (χ1v) is 6.04. The molecule has 2 amide bonds. The van der Waals surface area contributed by atoms with Crippen molar-refractivity contribution in [3.8, 4) is 0 Å². The molecule has 5 heteroatoms. The minimum atomic E-state index is -0.653. The molecule has 0 radical (unpaired) electrons. The molecule has 1 aliphatic rings. The van der Waals surface area contributed by atoms with E-state index in [0.29, 0.717) is 26.1 Å². The van der Waals surface area contributed by atoms with Gasteiger partial charge in [0.05, 0.1) is 0 Å². The maximum atomic E-state index is 12.2. The van der Waals surface area contributed by atoms with Crippen molar-refractivity contribution in [3.63, 3.8) is 0 Å². The molecule has 1 aromatic carbocycles. The summed E-state index contributed by atoms with van der Waals surface area (Å²) in [6, 6.07) is 8.62. The van der Waals surface area contributed by atoms with E-state index in [1.807, 2.05) is 30.3 Å². The summed E-state index contributed by atoms with van der Waals surface area (Å²) < 4.78 is 0. The summed E-state index contributed by atoms with van der Waals surface area (Å²) in [4.78, 5) is 25.1. The Labute approximate surface area is 106 Å². The van der Waals surface area contributed by atoms with Gasteiger partial charge in [-0.15, -0.1) is 0 Å². The minimum Gasteiger partial charge on any atom is -0.354 e. The molecule has 0 aromatic heterocycles. The van der Waals surface area contributed by atoms with E-state index in [9.17, 15) is 9.59 Å². The van der Waals surface area contributed by atoms with Crippen LogP contribution in [0, 0.1) is 0 Å². The molecule has 0 saturated carbocycles. The highest BCUT2D eigenvalue weighted by Crippen LogP contribution is 2.13. The van der Waals surface area contributed by atoms with Crippen molar-refractivity contribution in [3.05, 3.63) is 35.9 Å². The Morgan fingerprint density at radius 2 is 2.00 bits per heavy atom. The molecule has 3 N–H and O–H groups in total. The first-order valence-electron chi connectivity index (χ1n) is 6.04. The first kappa shape index (κ1) is 12.6. The third kappa shape index (κ3) is 2.87. The number of hydrogen-bond donors (Lipinski definition) is 2. The fourth-order valence-corrected chi connectivity index (χ4v) is 1.99. The van der Waals surface area contributed by atoms with E-state index in [1.54, 1.807) is 4.90 Å². The lowest BCUT2D eigenvalue weighted by Crippen LogP contribution is -2.40. The van der Waals surface area contributed by atoms with Crippen molar-refractivity contribution >= 4 is 11.8 Å². The molecule has 1 heterocycles. The van der Waals surface area contributed by atoms with Crippen molar-refractivity contribution in [2.24, 2.45) is 5.73 Å². The molecule has 18 heavy (non-hydrogen) atoms. The third-order valence-electron chi connectivity index (χ3n) is 3.05. The van der Waals surface area contributed by atoms with Gasteiger partial charge in [-0.2, -0.15) is 0 Å². The Bertz CT molecular complexity index is 433. The molecule has 1 aliphatic heterocycles. The number of nitrogens with one attached hydrogen (secondary N) is 1. The number of benzene rings is 1. The van der Waals surface area contributed by atoms with Gasteiger partial charge in [-0.05, 0) is 5.56 Å². The van der Waals surface area contributed by atoms with Crippen molar-refractivity contribution < 1.29 is 9.59 Å². The van der Waals surface area contributed by atoms with Gasteiger partial charge in [0, 0.05) is 26.1 Å². The van der Waals surface area contributed by atoms with Crippen molar-refractivity contribution in [2.75, 3.05) is 19.6 Å². The second kappa shape index (κ2) is 5.64. The number of rotatable bonds is 2. The van der Waals surface area contributed by atoms with Crippen LogP contribution in [-0.2, 0) is 9.59 Å². The molecular formula is C13H17N3O2. The average Bonchev–Trinajstić information content (AvgIpc) is 2.63. The molecule has 1 aromatic rings. The van der Waals surface area contributed by atoms with Gasteiger partial charge in [-0.3, -0.25) is 9.59 Å². The predicted octanol–water partition coefficient (Wildman–Crippen LogP) is 0.0349. The van der Waals surface area contributed by atoms with Gasteiger partial charge < -0.3 is 16.0 Å². The number of hydrogen-bond acceptors (Lipinski definition) is 3. The summed E-state index contributed by atoms with van der Waals surface area (Å²) in [5.41, 5.74) is 6.76. The smallest absolute Gasteiger partial charge is 0.244 e. The van der Waals surface area contributed by atoms with Crippen molar-refractivity contribution in [2.45, 2.75) is 12.5 Å². The fourth-order valence-electron chi connectivity index (χ4n) is 1.99. The maximum Gasteiger partial charge on any atom is 0.244 e. The van der Waals surface area contributed by atoms with Crippen LogP contribution < -0.4 is 11.1 Å². The maximum absolute atomic E-state index is 12.2. The lowest BCUT2D eigenvalue weighted by molar-refractivity contribution is -0.132. The van der Waals surface area contributed by atoms with Gasteiger partial charge >= 0.3 is 0 Å². The van der Waals surface area contributed by atoms with E-state index in [2.05, 4.69) is 5.32 Å². The van der Waals surface area contributed by atoms with E-state index in [0.717, 1.165) is 5.56 Å². The zero-order chi connectivity index (χ0) is 13.0. The first-order chi connectivity index (χ1) is 8.68. The highest BCUT2D eigenvalue weighted by Gasteiger charge is 2.24. The Morgan fingerprint density at radius 1 is 1.28 bits per heavy atom. The van der Waals surface area contributed by atoms with E-state index >= 15 is 0 Å². The largest absolute Gasteiger partial charge is 0.354 e. The number of carbonyl (C=O) groups excluding carboxylic acids is 2. The monoisotopic (exact) mass is 247 g/mol. The predicted molar refractivity (Wildman–Crippen MR) is 67.6 cm³/mol. The normalized spacial score (nSPS) is 17.8. The van der Waals surface area contributed by atoms with E-state index in [1.165, 1.54) is 0 Å². The zero-order valence-electron chi connectivity index (χ0n) is 10.1. The fraction of sp³-hybridized carbons (Fsp3) is 0.385. The molecule has 0 spiro atoms. The third-order valence-corrected chi connectivity index (χ3v) is 3.05. The molecule has 1 saturated heterocycles. The van der Waals surface area contributed by atoms with Crippen LogP contribution in [0.25, 0.3) is 0 Å². The summed E-state index contributed by atoms with van der Waals surface area (Å²) in [5, 5.41) is 2.73. The second-order valence-corrected chi connectivity index (χ2v) is 4.31. The van der Waals surface area contributed by atoms with Gasteiger partial charge in [-0.25, -0.2) is 0 Å². The van der Waals surface area contributed by atoms with E-state index in [-0.39, 0.29) is 11.8 Å². The van der Waals surface area contributed by atoms with E-state index in [4.69, 9.17) is 5.73 Å². The SMILES string of the molecule is N[C@H](C(=O)N1CCNC(=O)CC1)c1ccccc1. The van der Waals surface area contributed by atoms with Gasteiger partial charge in [0.25, 0.3) is 0 Å². The molecule has 0 unspecified atom stereocenters. The summed E-state index contributed by atoms with van der Waals surface area (Å²) in [5.74, 6) is -0.142. The molecule has 96 valence electrons. The lowest BCUT2D eigenvalue weighted by atomic mass is 10.1. The molecule has 1 fully saturated rings. The molecule has 0 bridgehead atoms. The van der Waals surface area contributed by atoms with Crippen LogP contribution >= 0.6 is 0 Å². The Hall–Kier alpha value is -1.88. The number of carbonyl (C=O) groups is 2. The Balaban J connectivity index is 2.04. The van der Waals surface area contributed by atoms with E-state index < -0.39 is 6.04 Å². The molecule has 1 atom stereocenters. The Morgan fingerprint density at radius 3 is 2.72 bits per heavy atom. The van der Waals surface area contributed by atoms with Gasteiger partial charge in [-0.1, -0.05) is 30.3 Å². The average molecular weight is 247 g/mol. The topological polar surface area (TPSA) is 75.4 Å².